The molecule has 0 unspecified atom stereocenters. The molecule has 0 saturated carbocycles. The first-order chi connectivity index (χ1) is 8.45. The molecule has 1 aromatic carbocycles. The highest BCUT2D eigenvalue weighted by Crippen LogP contribution is 2.22. The third kappa shape index (κ3) is 1.71. The van der Waals surface area contributed by atoms with Gasteiger partial charge in [-0.05, 0) is 6.07 Å². The van der Waals surface area contributed by atoms with Crippen LogP contribution in [0.3, 0.4) is 0 Å². The van der Waals surface area contributed by atoms with Crippen LogP contribution in [0.1, 0.15) is 10.4 Å². The van der Waals surface area contributed by atoms with Gasteiger partial charge in [-0.15, -0.1) is 0 Å². The van der Waals surface area contributed by atoms with E-state index in [1.807, 2.05) is 0 Å². The van der Waals surface area contributed by atoms with E-state index in [1.165, 1.54) is 30.0 Å². The molecule has 0 saturated heterocycles. The number of carbonyl (C=O) groups excluding carboxylic acids is 1. The van der Waals surface area contributed by atoms with Gasteiger partial charge in [-0.1, -0.05) is 0 Å². The number of primary amides is 1. The average molecular weight is 250 g/mol. The van der Waals surface area contributed by atoms with Crippen molar-refractivity contribution in [1.29, 1.82) is 0 Å². The number of hydrogen-bond acceptors (Lipinski definition) is 3. The summed E-state index contributed by atoms with van der Waals surface area (Å²) in [6.45, 7) is 0. The first-order valence-electron chi connectivity index (χ1n) is 5.12. The summed E-state index contributed by atoms with van der Waals surface area (Å²) in [5.41, 5.74) is 4.81. The third-order valence-electron chi connectivity index (χ3n) is 2.73. The summed E-state index contributed by atoms with van der Waals surface area (Å²) in [5.74, 6) is -1.45. The van der Waals surface area contributed by atoms with Gasteiger partial charge in [0.1, 0.15) is 5.56 Å². The number of benzene rings is 1. The maximum Gasteiger partial charge on any atom is 0.254 e. The molecule has 0 radical (unpaired) electrons. The molecule has 1 amide bonds. The molecule has 0 bridgehead atoms. The van der Waals surface area contributed by atoms with Crippen LogP contribution in [0.5, 0.6) is 5.75 Å². The minimum absolute atomic E-state index is 0.0544. The summed E-state index contributed by atoms with van der Waals surface area (Å²) in [4.78, 5) is 23.2. The smallest absolute Gasteiger partial charge is 0.254 e. The highest BCUT2D eigenvalue weighted by atomic mass is 19.1. The van der Waals surface area contributed by atoms with Crippen molar-refractivity contribution < 1.29 is 13.9 Å². The number of methoxy groups -OCH3 is 1. The van der Waals surface area contributed by atoms with Gasteiger partial charge in [0.25, 0.3) is 5.91 Å². The van der Waals surface area contributed by atoms with E-state index in [9.17, 15) is 14.0 Å². The average Bonchev–Trinajstić information content (AvgIpc) is 2.33. The molecule has 0 aliphatic carbocycles. The zero-order chi connectivity index (χ0) is 13.4. The zero-order valence-corrected chi connectivity index (χ0v) is 9.86. The van der Waals surface area contributed by atoms with Crippen LogP contribution in [-0.2, 0) is 7.05 Å². The van der Waals surface area contributed by atoms with Gasteiger partial charge >= 0.3 is 0 Å². The van der Waals surface area contributed by atoms with Crippen LogP contribution < -0.4 is 15.9 Å². The predicted molar refractivity (Wildman–Crippen MR) is 64.2 cm³/mol. The Hall–Kier alpha value is -2.37. The minimum Gasteiger partial charge on any atom is -0.494 e. The van der Waals surface area contributed by atoms with Crippen molar-refractivity contribution in [3.05, 3.63) is 39.9 Å². The van der Waals surface area contributed by atoms with Crippen LogP contribution in [0.25, 0.3) is 10.9 Å². The number of aryl methyl sites for hydroxylation is 1. The van der Waals surface area contributed by atoms with Gasteiger partial charge in [0, 0.05) is 19.3 Å². The van der Waals surface area contributed by atoms with E-state index >= 15 is 0 Å². The van der Waals surface area contributed by atoms with Gasteiger partial charge in [-0.3, -0.25) is 9.59 Å². The molecule has 94 valence electrons. The molecule has 2 aromatic rings. The number of carbonyl (C=O) groups is 1. The second-order valence-electron chi connectivity index (χ2n) is 3.85. The highest BCUT2D eigenvalue weighted by molar-refractivity contribution is 5.96. The van der Waals surface area contributed by atoms with E-state index in [0.29, 0.717) is 5.52 Å². The second-order valence-corrected chi connectivity index (χ2v) is 3.85. The van der Waals surface area contributed by atoms with E-state index in [1.54, 1.807) is 7.05 Å². The number of ether oxygens (including phenoxy) is 1. The molecule has 6 heteroatoms. The van der Waals surface area contributed by atoms with Crippen LogP contribution in [0.4, 0.5) is 4.39 Å². The van der Waals surface area contributed by atoms with Crippen molar-refractivity contribution in [2.75, 3.05) is 7.11 Å². The minimum atomic E-state index is -0.819. The lowest BCUT2D eigenvalue weighted by Crippen LogP contribution is -2.23. The van der Waals surface area contributed by atoms with Crippen LogP contribution >= 0.6 is 0 Å². The maximum atomic E-state index is 13.6. The van der Waals surface area contributed by atoms with Crippen molar-refractivity contribution in [2.24, 2.45) is 12.8 Å². The number of nitrogens with zero attached hydrogens (tertiary/aromatic N) is 1. The fourth-order valence-electron chi connectivity index (χ4n) is 1.82. The van der Waals surface area contributed by atoms with Gasteiger partial charge in [0.2, 0.25) is 5.43 Å². The molecule has 0 atom stereocenters. The van der Waals surface area contributed by atoms with Crippen molar-refractivity contribution in [2.45, 2.75) is 0 Å². The van der Waals surface area contributed by atoms with Crippen LogP contribution in [0.2, 0.25) is 0 Å². The standard InChI is InChI=1S/C12H11FN2O3/c1-15-5-7(12(14)17)11(16)6-3-10(18-2)8(13)4-9(6)15/h3-5H,1-2H3,(H2,14,17). The lowest BCUT2D eigenvalue weighted by molar-refractivity contribution is 0.0999. The summed E-state index contributed by atoms with van der Waals surface area (Å²) < 4.78 is 19.8. The fraction of sp³-hybridized carbons (Fsp3) is 0.167. The summed E-state index contributed by atoms with van der Waals surface area (Å²) in [6, 6.07) is 2.44. The summed E-state index contributed by atoms with van der Waals surface area (Å²) in [6.07, 6.45) is 1.29. The number of aromatic nitrogens is 1. The molecule has 0 aliphatic heterocycles. The monoisotopic (exact) mass is 250 g/mol. The Morgan fingerprint density at radius 3 is 2.67 bits per heavy atom. The van der Waals surface area contributed by atoms with E-state index in [4.69, 9.17) is 10.5 Å². The lowest BCUT2D eigenvalue weighted by atomic mass is 10.1. The number of amides is 1. The van der Waals surface area contributed by atoms with E-state index in [-0.39, 0.29) is 16.7 Å². The molecule has 0 fully saturated rings. The first-order valence-corrected chi connectivity index (χ1v) is 5.12. The highest BCUT2D eigenvalue weighted by Gasteiger charge is 2.14. The molecule has 0 spiro atoms. The van der Waals surface area contributed by atoms with Crippen molar-refractivity contribution in [1.82, 2.24) is 4.57 Å². The molecule has 18 heavy (non-hydrogen) atoms. The lowest BCUT2D eigenvalue weighted by Gasteiger charge is -2.09. The van der Waals surface area contributed by atoms with E-state index in [0.717, 1.165) is 0 Å². The topological polar surface area (TPSA) is 74.3 Å². The number of nitrogens with two attached hydrogens (primary N) is 1. The molecule has 1 heterocycles. The molecule has 5 nitrogen and oxygen atoms in total. The van der Waals surface area contributed by atoms with E-state index < -0.39 is 17.2 Å². The molecule has 1 aromatic heterocycles. The summed E-state index contributed by atoms with van der Waals surface area (Å²) in [7, 11) is 2.90. The second kappa shape index (κ2) is 4.14. The van der Waals surface area contributed by atoms with Gasteiger partial charge in [-0.2, -0.15) is 0 Å². The largest absolute Gasteiger partial charge is 0.494 e. The Morgan fingerprint density at radius 1 is 1.44 bits per heavy atom. The van der Waals surface area contributed by atoms with Crippen molar-refractivity contribution >= 4 is 16.8 Å². The van der Waals surface area contributed by atoms with Gasteiger partial charge in [0.05, 0.1) is 18.0 Å². The molecule has 2 rings (SSSR count). The number of hydrogen-bond donors (Lipinski definition) is 1. The quantitative estimate of drug-likeness (QED) is 0.856. The molecule has 2 N–H and O–H groups in total. The van der Waals surface area contributed by atoms with Gasteiger partial charge in [0.15, 0.2) is 11.6 Å². The van der Waals surface area contributed by atoms with Crippen LogP contribution in [0.15, 0.2) is 23.1 Å². The zero-order valence-electron chi connectivity index (χ0n) is 9.86. The van der Waals surface area contributed by atoms with E-state index in [2.05, 4.69) is 0 Å². The van der Waals surface area contributed by atoms with Gasteiger partial charge < -0.3 is 15.0 Å². The Balaban J connectivity index is 2.95. The Kier molecular flexibility index (Phi) is 2.78. The van der Waals surface area contributed by atoms with Gasteiger partial charge in [-0.25, -0.2) is 4.39 Å². The number of halogens is 1. The number of pyridine rings is 1. The molecule has 0 aliphatic rings. The van der Waals surface area contributed by atoms with Crippen LogP contribution in [0, 0.1) is 5.82 Å². The Bertz CT molecular complexity index is 707. The number of rotatable bonds is 2. The number of fused-ring (bicyclic) bond motifs is 1. The molecular formula is C12H11FN2O3. The van der Waals surface area contributed by atoms with Crippen LogP contribution in [-0.4, -0.2) is 17.6 Å². The predicted octanol–water partition coefficient (Wildman–Crippen LogP) is 0.785. The normalized spacial score (nSPS) is 10.6. The maximum absolute atomic E-state index is 13.6. The Labute approximate surface area is 102 Å². The third-order valence-corrected chi connectivity index (χ3v) is 2.73. The Morgan fingerprint density at radius 2 is 2.11 bits per heavy atom. The van der Waals surface area contributed by atoms with Crippen molar-refractivity contribution in [3.63, 3.8) is 0 Å². The molecular weight excluding hydrogens is 239 g/mol. The van der Waals surface area contributed by atoms with Crippen molar-refractivity contribution in [3.8, 4) is 5.75 Å². The fourth-order valence-corrected chi connectivity index (χ4v) is 1.82. The SMILES string of the molecule is COc1cc2c(=O)c(C(N)=O)cn(C)c2cc1F. The summed E-state index contributed by atoms with van der Waals surface area (Å²) >= 11 is 0. The summed E-state index contributed by atoms with van der Waals surface area (Å²) in [5, 5.41) is 0.187. The first kappa shape index (κ1) is 12.1.